The number of H-pyrrole nitrogens is 1. The molecule has 2 atom stereocenters. The molecule has 0 bridgehead atoms. The number of carbonyl (C=O) groups is 2. The van der Waals surface area contributed by atoms with Gasteiger partial charge in [-0.05, 0) is 81.2 Å². The summed E-state index contributed by atoms with van der Waals surface area (Å²) in [5.74, 6) is 0.604. The molecule has 42 heavy (non-hydrogen) atoms. The molecule has 0 unspecified atom stereocenters. The first-order valence-electron chi connectivity index (χ1n) is 14.9. The van der Waals surface area contributed by atoms with Crippen molar-refractivity contribution in [2.75, 3.05) is 13.7 Å². The smallest absolute Gasteiger partial charge is 0.407 e. The zero-order valence-corrected chi connectivity index (χ0v) is 25.6. The number of aromatic nitrogens is 2. The van der Waals surface area contributed by atoms with E-state index in [0.717, 1.165) is 52.7 Å². The third-order valence-corrected chi connectivity index (χ3v) is 9.75. The van der Waals surface area contributed by atoms with Crippen LogP contribution >= 0.6 is 0 Å². The van der Waals surface area contributed by atoms with Crippen LogP contribution in [0.25, 0.3) is 22.0 Å². The van der Waals surface area contributed by atoms with Crippen LogP contribution in [0.1, 0.15) is 84.5 Å². The lowest BCUT2D eigenvalue weighted by molar-refractivity contribution is -0.135. The van der Waals surface area contributed by atoms with Crippen molar-refractivity contribution in [3.05, 3.63) is 54.0 Å². The van der Waals surface area contributed by atoms with E-state index in [9.17, 15) is 9.59 Å². The highest BCUT2D eigenvalue weighted by Gasteiger charge is 2.55. The Balaban J connectivity index is 1.23. The van der Waals surface area contributed by atoms with Gasteiger partial charge in [0.2, 0.25) is 5.91 Å². The van der Waals surface area contributed by atoms with Gasteiger partial charge in [-0.15, -0.1) is 0 Å². The van der Waals surface area contributed by atoms with E-state index in [-0.39, 0.29) is 34.5 Å². The van der Waals surface area contributed by atoms with Crippen molar-refractivity contribution in [2.24, 2.45) is 11.3 Å². The van der Waals surface area contributed by atoms with Crippen molar-refractivity contribution in [2.45, 2.75) is 90.4 Å². The lowest BCUT2D eigenvalue weighted by atomic mass is 9.90. The van der Waals surface area contributed by atoms with Gasteiger partial charge in [-0.2, -0.15) is 0 Å². The Morgan fingerprint density at radius 2 is 1.71 bits per heavy atom. The summed E-state index contributed by atoms with van der Waals surface area (Å²) in [5.41, 5.74) is 2.30. The molecule has 224 valence electrons. The molecule has 3 fully saturated rings. The number of imidazole rings is 1. The fourth-order valence-corrected chi connectivity index (χ4v) is 6.16. The number of hydrogen-bond acceptors (Lipinski definition) is 6. The number of rotatable bonds is 6. The van der Waals surface area contributed by atoms with Crippen molar-refractivity contribution in [3.63, 3.8) is 0 Å². The van der Waals surface area contributed by atoms with E-state index in [1.54, 1.807) is 0 Å². The maximum absolute atomic E-state index is 13.8. The van der Waals surface area contributed by atoms with E-state index < -0.39 is 18.4 Å². The summed E-state index contributed by atoms with van der Waals surface area (Å²) in [5, 5.41) is 4.95. The first-order valence-corrected chi connectivity index (χ1v) is 14.9. The van der Waals surface area contributed by atoms with Gasteiger partial charge in [-0.1, -0.05) is 38.1 Å². The van der Waals surface area contributed by atoms with Crippen LogP contribution in [0.2, 0.25) is 0 Å². The molecule has 2 aliphatic heterocycles. The van der Waals surface area contributed by atoms with Gasteiger partial charge in [0, 0.05) is 17.7 Å². The number of alkyl carbamates (subject to hydrolysis) is 1. The molecule has 3 heterocycles. The molecular formula is C33H42N4O5. The molecule has 1 spiro atoms. The SMILES string of the molecule is COC(=O)N[C@H](C(=O)N1CC2(CC2)C[C@H]1c1ncc(-c2ccc3cc(C4OC(C)(C)C(C)(C)O4)ccc3c2)[nH]1)C(C)C. The zero-order valence-electron chi connectivity index (χ0n) is 25.6. The quantitative estimate of drug-likeness (QED) is 0.360. The Morgan fingerprint density at radius 1 is 1.05 bits per heavy atom. The average Bonchev–Trinajstić information content (AvgIpc) is 3.26. The molecule has 2 aromatic carbocycles. The first-order chi connectivity index (χ1) is 19.8. The molecule has 9 heteroatoms. The molecule has 1 aliphatic carbocycles. The molecule has 3 aromatic rings. The molecular weight excluding hydrogens is 532 g/mol. The zero-order chi connectivity index (χ0) is 30.0. The summed E-state index contributed by atoms with van der Waals surface area (Å²) in [6, 6.07) is 11.8. The second-order valence-corrected chi connectivity index (χ2v) is 13.6. The van der Waals surface area contributed by atoms with Crippen molar-refractivity contribution < 1.29 is 23.8 Å². The number of nitrogens with one attached hydrogen (secondary N) is 2. The van der Waals surface area contributed by atoms with Crippen molar-refractivity contribution in [1.82, 2.24) is 20.2 Å². The summed E-state index contributed by atoms with van der Waals surface area (Å²) in [6.45, 7) is 12.8. The van der Waals surface area contributed by atoms with Crippen LogP contribution in [-0.2, 0) is 19.0 Å². The Labute approximate surface area is 247 Å². The van der Waals surface area contributed by atoms with E-state index in [1.807, 2.05) is 24.9 Å². The van der Waals surface area contributed by atoms with E-state index in [2.05, 4.69) is 74.4 Å². The molecule has 6 rings (SSSR count). The summed E-state index contributed by atoms with van der Waals surface area (Å²) < 4.78 is 17.3. The molecule has 1 saturated carbocycles. The van der Waals surface area contributed by atoms with Gasteiger partial charge in [0.25, 0.3) is 0 Å². The highest BCUT2D eigenvalue weighted by molar-refractivity contribution is 5.88. The Kier molecular flexibility index (Phi) is 6.89. The van der Waals surface area contributed by atoms with Crippen LogP contribution in [-0.4, -0.2) is 57.8 Å². The summed E-state index contributed by atoms with van der Waals surface area (Å²) in [6.07, 6.45) is 3.93. The number of fused-ring (bicyclic) bond motifs is 1. The van der Waals surface area contributed by atoms with E-state index in [1.165, 1.54) is 7.11 Å². The van der Waals surface area contributed by atoms with E-state index in [4.69, 9.17) is 19.2 Å². The van der Waals surface area contributed by atoms with Crippen LogP contribution in [0.4, 0.5) is 4.79 Å². The second-order valence-electron chi connectivity index (χ2n) is 13.6. The topological polar surface area (TPSA) is 106 Å². The van der Waals surface area contributed by atoms with E-state index >= 15 is 0 Å². The highest BCUT2D eigenvalue weighted by Crippen LogP contribution is 2.58. The maximum Gasteiger partial charge on any atom is 0.407 e. The third kappa shape index (κ3) is 5.07. The van der Waals surface area contributed by atoms with Crippen LogP contribution in [0.3, 0.4) is 0 Å². The van der Waals surface area contributed by atoms with Gasteiger partial charge in [-0.3, -0.25) is 4.79 Å². The van der Waals surface area contributed by atoms with Gasteiger partial charge in [0.15, 0.2) is 6.29 Å². The van der Waals surface area contributed by atoms with Crippen molar-refractivity contribution in [3.8, 4) is 11.3 Å². The second kappa shape index (κ2) is 10.1. The molecule has 3 aliphatic rings. The number of carbonyl (C=O) groups excluding carboxylic acids is 2. The van der Waals surface area contributed by atoms with Crippen molar-refractivity contribution in [1.29, 1.82) is 0 Å². The molecule has 2 N–H and O–H groups in total. The minimum absolute atomic E-state index is 0.0805. The number of nitrogens with zero attached hydrogens (tertiary/aromatic N) is 2. The number of likely N-dealkylation sites (tertiary alicyclic amines) is 1. The number of aromatic amines is 1. The Hall–Kier alpha value is -3.43. The number of amides is 2. The van der Waals surface area contributed by atoms with Gasteiger partial charge >= 0.3 is 6.09 Å². The Morgan fingerprint density at radius 3 is 2.36 bits per heavy atom. The van der Waals surface area contributed by atoms with E-state index in [0.29, 0.717) is 6.54 Å². The standard InChI is InChI=1S/C33H42N4O5/c1-19(2)26(36-30(39)40-7)28(38)37-18-33(12-13-33)16-25(37)27-34-17-24(35-27)22-10-8-21-15-23(11-9-20(21)14-22)29-41-31(3,4)32(5,6)42-29/h8-11,14-15,17,19,25-26,29H,12-13,16,18H2,1-7H3,(H,34,35)(H,36,39)/t25-,26-/m0/s1. The molecule has 1 aromatic heterocycles. The molecule has 2 amide bonds. The number of ether oxygens (including phenoxy) is 3. The minimum atomic E-state index is -0.661. The fraction of sp³-hybridized carbons (Fsp3) is 0.545. The average molecular weight is 575 g/mol. The van der Waals surface area contributed by atoms with Crippen LogP contribution < -0.4 is 5.32 Å². The van der Waals surface area contributed by atoms with Crippen molar-refractivity contribution >= 4 is 22.8 Å². The lowest BCUT2D eigenvalue weighted by Crippen LogP contribution is -2.51. The largest absolute Gasteiger partial charge is 0.453 e. The van der Waals surface area contributed by atoms with Gasteiger partial charge in [0.05, 0.1) is 36.2 Å². The number of benzene rings is 2. The fourth-order valence-electron chi connectivity index (χ4n) is 6.16. The van der Waals surface area contributed by atoms with Crippen LogP contribution in [0.5, 0.6) is 0 Å². The first kappa shape index (κ1) is 28.7. The van der Waals surface area contributed by atoms with Crippen LogP contribution in [0.15, 0.2) is 42.6 Å². The Bertz CT molecular complexity index is 1510. The molecule has 0 radical (unpaired) electrons. The lowest BCUT2D eigenvalue weighted by Gasteiger charge is -2.30. The summed E-state index contributed by atoms with van der Waals surface area (Å²) in [4.78, 5) is 35.9. The predicted molar refractivity (Wildman–Crippen MR) is 160 cm³/mol. The number of hydrogen-bond donors (Lipinski definition) is 2. The van der Waals surface area contributed by atoms with Gasteiger partial charge in [-0.25, -0.2) is 9.78 Å². The normalized spacial score (nSPS) is 23.0. The minimum Gasteiger partial charge on any atom is -0.453 e. The van der Waals surface area contributed by atoms with Gasteiger partial charge in [0.1, 0.15) is 11.9 Å². The molecule has 2 saturated heterocycles. The van der Waals surface area contributed by atoms with Crippen LogP contribution in [0, 0.1) is 11.3 Å². The summed E-state index contributed by atoms with van der Waals surface area (Å²) in [7, 11) is 1.31. The predicted octanol–water partition coefficient (Wildman–Crippen LogP) is 6.27. The molecule has 9 nitrogen and oxygen atoms in total. The highest BCUT2D eigenvalue weighted by atomic mass is 16.7. The van der Waals surface area contributed by atoms with Gasteiger partial charge < -0.3 is 29.4 Å². The summed E-state index contributed by atoms with van der Waals surface area (Å²) >= 11 is 0. The monoisotopic (exact) mass is 574 g/mol. The third-order valence-electron chi connectivity index (χ3n) is 9.75. The number of methoxy groups -OCH3 is 1. The maximum atomic E-state index is 13.8.